The fraction of sp³-hybridized carbons (Fsp3) is 0.458. The molecule has 11 atom stereocenters. The van der Waals surface area contributed by atoms with Crippen molar-refractivity contribution in [2.24, 2.45) is 16.7 Å². The Bertz CT molecular complexity index is 2300. The first kappa shape index (κ1) is 45.3. The van der Waals surface area contributed by atoms with Crippen molar-refractivity contribution in [3.05, 3.63) is 119 Å². The first-order chi connectivity index (χ1) is 29.8. The summed E-state index contributed by atoms with van der Waals surface area (Å²) < 4.78 is 36.4. The number of benzene rings is 3. The van der Waals surface area contributed by atoms with Crippen LogP contribution in [0.2, 0.25) is 0 Å². The maximum absolute atomic E-state index is 15.6. The first-order valence-electron chi connectivity index (χ1n) is 20.9. The lowest BCUT2D eigenvalue weighted by Crippen LogP contribution is -2.82. The highest BCUT2D eigenvalue weighted by Gasteiger charge is 2.78. The number of aliphatic hydroxyl groups is 2. The molecule has 3 aliphatic carbocycles. The molecule has 63 heavy (non-hydrogen) atoms. The summed E-state index contributed by atoms with van der Waals surface area (Å²) in [5.74, 6) is -6.38. The second kappa shape index (κ2) is 17.1. The van der Waals surface area contributed by atoms with E-state index < -0.39 is 113 Å². The molecule has 3 fully saturated rings. The summed E-state index contributed by atoms with van der Waals surface area (Å²) in [6, 6.07) is 23.9. The van der Waals surface area contributed by atoms with Gasteiger partial charge in [0.15, 0.2) is 23.6 Å². The average molecular weight is 868 g/mol. The Morgan fingerprint density at radius 3 is 1.95 bits per heavy atom. The third-order valence-corrected chi connectivity index (χ3v) is 13.7. The fourth-order valence-electron chi connectivity index (χ4n) is 10.4. The number of hydrogen-bond donors (Lipinski definition) is 3. The largest absolute Gasteiger partial charge is 0.456 e. The zero-order valence-corrected chi connectivity index (χ0v) is 36.2. The van der Waals surface area contributed by atoms with E-state index in [0.29, 0.717) is 11.1 Å². The number of nitrogens with one attached hydrogen (secondary N) is 1. The van der Waals surface area contributed by atoms with Crippen LogP contribution >= 0.6 is 0 Å². The van der Waals surface area contributed by atoms with Gasteiger partial charge in [0.05, 0.1) is 35.6 Å². The second-order valence-electron chi connectivity index (χ2n) is 17.6. The standard InChI is InChI=1S/C48H53NO14/c1-26-32(61-44(56)38(58-7)36(29-17-11-8-12-18-29)49-42(54)30-19-13-9-14-20-30)24-48(57)41(62-43(55)31-21-15-10-16-22-31)39-46(6,33(52)23-34-47(39,25-59-34)63-28(3)51)40(53)37(60-27(2)50)35(26)45(48,4)5/h8-22,32-34,36-39,41,52,57H,23-25H2,1-7H3,(H,49,54)/t32-,33?,34?,36-,37?,38+,39-,41-,46?,47-,48?/m1/s1. The summed E-state index contributed by atoms with van der Waals surface area (Å²) in [5, 5.41) is 28.8. The molecule has 3 N–H and O–H groups in total. The van der Waals surface area contributed by atoms with E-state index >= 15 is 4.79 Å². The lowest BCUT2D eigenvalue weighted by molar-refractivity contribution is -0.346. The minimum absolute atomic E-state index is 0.0429. The fourth-order valence-corrected chi connectivity index (χ4v) is 10.4. The first-order valence-corrected chi connectivity index (χ1v) is 20.9. The highest BCUT2D eigenvalue weighted by Crippen LogP contribution is 2.64. The normalized spacial score (nSPS) is 31.5. The van der Waals surface area contributed by atoms with Crippen molar-refractivity contribution in [2.75, 3.05) is 13.7 Å². The molecular formula is C48H53NO14. The topological polar surface area (TPSA) is 210 Å². The van der Waals surface area contributed by atoms with E-state index in [2.05, 4.69) is 5.32 Å². The van der Waals surface area contributed by atoms with Gasteiger partial charge in [-0.25, -0.2) is 9.59 Å². The molecule has 2 saturated carbocycles. The molecule has 0 radical (unpaired) electrons. The molecule has 0 aromatic heterocycles. The van der Waals surface area contributed by atoms with Gasteiger partial charge in [-0.15, -0.1) is 0 Å². The summed E-state index contributed by atoms with van der Waals surface area (Å²) >= 11 is 0. The molecule has 5 unspecified atom stereocenters. The Kier molecular flexibility index (Phi) is 12.3. The monoisotopic (exact) mass is 867 g/mol. The van der Waals surface area contributed by atoms with E-state index in [0.717, 1.165) is 6.92 Å². The number of amides is 1. The third-order valence-electron chi connectivity index (χ3n) is 13.7. The van der Waals surface area contributed by atoms with E-state index in [1.54, 1.807) is 99.6 Å². The van der Waals surface area contributed by atoms with Crippen LogP contribution in [0.1, 0.15) is 86.7 Å². The number of Topliss-reactive ketones (excluding diaryl/α,β-unsaturated/α-hetero) is 1. The van der Waals surface area contributed by atoms with Crippen LogP contribution in [-0.4, -0.2) is 107 Å². The maximum atomic E-state index is 15.6. The summed E-state index contributed by atoms with van der Waals surface area (Å²) in [7, 11) is 1.28. The molecule has 0 spiro atoms. The summed E-state index contributed by atoms with van der Waals surface area (Å²) in [4.78, 5) is 84.2. The lowest BCUT2D eigenvalue weighted by atomic mass is 9.44. The number of aliphatic hydroxyl groups excluding tert-OH is 1. The van der Waals surface area contributed by atoms with Gasteiger partial charge in [0.1, 0.15) is 23.9 Å². The smallest absolute Gasteiger partial charge is 0.338 e. The van der Waals surface area contributed by atoms with Crippen molar-refractivity contribution in [1.82, 2.24) is 5.32 Å². The van der Waals surface area contributed by atoms with Gasteiger partial charge in [-0.2, -0.15) is 0 Å². The molecule has 334 valence electrons. The maximum Gasteiger partial charge on any atom is 0.338 e. The van der Waals surface area contributed by atoms with Gasteiger partial charge in [-0.3, -0.25) is 19.2 Å². The molecular weight excluding hydrogens is 815 g/mol. The average Bonchev–Trinajstić information content (AvgIpc) is 3.25. The van der Waals surface area contributed by atoms with E-state index in [-0.39, 0.29) is 29.7 Å². The molecule has 1 heterocycles. The number of carbonyl (C=O) groups is 6. The Balaban J connectivity index is 1.40. The quantitative estimate of drug-likeness (QED) is 0.139. The van der Waals surface area contributed by atoms with Gasteiger partial charge < -0.3 is 44.0 Å². The molecule has 15 nitrogen and oxygen atoms in total. The number of methoxy groups -OCH3 is 1. The lowest BCUT2D eigenvalue weighted by Gasteiger charge is -2.67. The van der Waals surface area contributed by atoms with Crippen LogP contribution in [0.15, 0.2) is 102 Å². The van der Waals surface area contributed by atoms with E-state index in [9.17, 15) is 34.2 Å². The van der Waals surface area contributed by atoms with Gasteiger partial charge in [0.25, 0.3) is 5.91 Å². The number of rotatable bonds is 11. The number of ether oxygens (including phenoxy) is 6. The Morgan fingerprint density at radius 1 is 0.825 bits per heavy atom. The Labute approximate surface area is 365 Å². The molecule has 1 saturated heterocycles. The minimum atomic E-state index is -2.35. The Morgan fingerprint density at radius 2 is 1.41 bits per heavy atom. The molecule has 1 aliphatic heterocycles. The summed E-state index contributed by atoms with van der Waals surface area (Å²) in [6.45, 7) is 8.16. The van der Waals surface area contributed by atoms with Gasteiger partial charge in [-0.05, 0) is 54.8 Å². The summed E-state index contributed by atoms with van der Waals surface area (Å²) in [5.41, 5.74) is -6.58. The number of esters is 4. The van der Waals surface area contributed by atoms with Crippen LogP contribution in [0, 0.1) is 16.7 Å². The molecule has 3 aromatic rings. The second-order valence-corrected chi connectivity index (χ2v) is 17.6. The SMILES string of the molecule is CO[C@H](C(=O)O[C@@H]1CC2(O)[C@H](OC(=O)c3ccccc3)[C@@H]3C(C)(C(=O)C(OC(C)=O)C(=C1C)C2(C)C)C(O)CC1OC[C@@]13OC(C)=O)[C@H](NC(=O)c1ccccc1)c1ccccc1. The molecule has 4 aliphatic rings. The molecule has 7 rings (SSSR count). The van der Waals surface area contributed by atoms with Crippen LogP contribution < -0.4 is 5.32 Å². The van der Waals surface area contributed by atoms with Crippen molar-refractivity contribution in [2.45, 2.75) is 108 Å². The van der Waals surface area contributed by atoms with Crippen LogP contribution in [0.5, 0.6) is 0 Å². The number of fused-ring (bicyclic) bond motifs is 5. The van der Waals surface area contributed by atoms with Crippen LogP contribution in [0.4, 0.5) is 0 Å². The summed E-state index contributed by atoms with van der Waals surface area (Å²) in [6.07, 6.45) is -9.71. The molecule has 15 heteroatoms. The van der Waals surface area contributed by atoms with Gasteiger partial charge >= 0.3 is 23.9 Å². The molecule has 3 aromatic carbocycles. The van der Waals surface area contributed by atoms with E-state index in [4.69, 9.17) is 28.4 Å². The number of ketones is 1. The van der Waals surface area contributed by atoms with E-state index in [1.165, 1.54) is 33.1 Å². The molecule has 1 amide bonds. The minimum Gasteiger partial charge on any atom is -0.456 e. The zero-order valence-electron chi connectivity index (χ0n) is 36.2. The number of carbonyl (C=O) groups excluding carboxylic acids is 6. The highest BCUT2D eigenvalue weighted by molar-refractivity contribution is 5.96. The highest BCUT2D eigenvalue weighted by atomic mass is 16.6. The van der Waals surface area contributed by atoms with Crippen molar-refractivity contribution in [3.8, 4) is 0 Å². The van der Waals surface area contributed by atoms with Gasteiger partial charge in [-0.1, -0.05) is 80.6 Å². The molecule has 2 bridgehead atoms. The van der Waals surface area contributed by atoms with Gasteiger partial charge in [0.2, 0.25) is 0 Å². The van der Waals surface area contributed by atoms with Gasteiger partial charge in [0, 0.05) is 44.8 Å². The Hall–Kier alpha value is -5.74. The van der Waals surface area contributed by atoms with Crippen LogP contribution in [0.3, 0.4) is 0 Å². The predicted octanol–water partition coefficient (Wildman–Crippen LogP) is 4.39. The van der Waals surface area contributed by atoms with Crippen molar-refractivity contribution < 1.29 is 67.4 Å². The zero-order chi connectivity index (χ0) is 45.6. The van der Waals surface area contributed by atoms with Crippen LogP contribution in [0.25, 0.3) is 0 Å². The van der Waals surface area contributed by atoms with Crippen molar-refractivity contribution in [3.63, 3.8) is 0 Å². The predicted molar refractivity (Wildman–Crippen MR) is 222 cm³/mol. The third kappa shape index (κ3) is 7.64. The number of hydrogen-bond acceptors (Lipinski definition) is 14. The van der Waals surface area contributed by atoms with Crippen molar-refractivity contribution in [1.29, 1.82) is 0 Å². The van der Waals surface area contributed by atoms with Crippen LogP contribution in [-0.2, 0) is 47.6 Å². The van der Waals surface area contributed by atoms with E-state index in [1.807, 2.05) is 0 Å². The van der Waals surface area contributed by atoms with Crippen molar-refractivity contribution >= 4 is 35.6 Å².